The highest BCUT2D eigenvalue weighted by molar-refractivity contribution is 5.72. The molecule has 3 nitrogen and oxygen atoms in total. The number of rotatable bonds is 2. The molecule has 3 heteroatoms. The third-order valence-corrected chi connectivity index (χ3v) is 2.36. The summed E-state index contributed by atoms with van der Waals surface area (Å²) >= 11 is 0. The van der Waals surface area contributed by atoms with Gasteiger partial charge in [-0.2, -0.15) is 0 Å². The summed E-state index contributed by atoms with van der Waals surface area (Å²) in [6.45, 7) is 3.65. The quantitative estimate of drug-likeness (QED) is 0.456. The maximum atomic E-state index is 10.8. The third kappa shape index (κ3) is 1.25. The number of hydrogen-bond acceptors (Lipinski definition) is 3. The van der Waals surface area contributed by atoms with Crippen LogP contribution in [0.4, 0.5) is 0 Å². The van der Waals surface area contributed by atoms with Crippen LogP contribution in [0.5, 0.6) is 0 Å². The number of carbonyl (C=O) groups is 1. The van der Waals surface area contributed by atoms with E-state index >= 15 is 0 Å². The van der Waals surface area contributed by atoms with Crippen molar-refractivity contribution in [3.05, 3.63) is 12.7 Å². The predicted octanol–water partition coefficient (Wildman–Crippen LogP) is 1.04. The second-order valence-corrected chi connectivity index (χ2v) is 3.29. The Balaban J connectivity index is 1.93. The van der Waals surface area contributed by atoms with Crippen molar-refractivity contribution in [2.24, 2.45) is 0 Å². The molecule has 2 saturated heterocycles. The minimum Gasteiger partial charge on any atom is -0.459 e. The van der Waals surface area contributed by atoms with Crippen LogP contribution in [0.1, 0.15) is 19.3 Å². The Kier molecular flexibility index (Phi) is 1.89. The molecule has 0 amide bonds. The Labute approximate surface area is 71.3 Å². The topological polar surface area (TPSA) is 35.5 Å². The molecular formula is C9H12O3. The molecule has 2 aliphatic rings. The molecule has 66 valence electrons. The smallest absolute Gasteiger partial charge is 0.308 e. The Hall–Kier alpha value is -0.830. The number of esters is 1. The highest BCUT2D eigenvalue weighted by Crippen LogP contribution is 2.32. The number of hydrogen-bond donors (Lipinski definition) is 0. The molecule has 12 heavy (non-hydrogen) atoms. The van der Waals surface area contributed by atoms with E-state index in [1.807, 2.05) is 6.08 Å². The van der Waals surface area contributed by atoms with Crippen LogP contribution >= 0.6 is 0 Å². The molecule has 0 bridgehead atoms. The third-order valence-electron chi connectivity index (χ3n) is 2.36. The summed E-state index contributed by atoms with van der Waals surface area (Å²) in [5.74, 6) is -0.123. The first-order chi connectivity index (χ1) is 5.79. The molecule has 2 heterocycles. The van der Waals surface area contributed by atoms with Gasteiger partial charge in [0.1, 0.15) is 12.2 Å². The fourth-order valence-electron chi connectivity index (χ4n) is 1.82. The van der Waals surface area contributed by atoms with Crippen LogP contribution in [0.15, 0.2) is 12.7 Å². The van der Waals surface area contributed by atoms with Crippen molar-refractivity contribution in [1.29, 1.82) is 0 Å². The minimum atomic E-state index is -0.123. The van der Waals surface area contributed by atoms with Gasteiger partial charge in [-0.25, -0.2) is 0 Å². The van der Waals surface area contributed by atoms with Crippen LogP contribution in [0.25, 0.3) is 0 Å². The first-order valence-electron chi connectivity index (χ1n) is 4.25. The van der Waals surface area contributed by atoms with Crippen LogP contribution in [-0.2, 0) is 14.3 Å². The summed E-state index contributed by atoms with van der Waals surface area (Å²) in [6.07, 6.45) is 4.20. The predicted molar refractivity (Wildman–Crippen MR) is 42.6 cm³/mol. The lowest BCUT2D eigenvalue weighted by Crippen LogP contribution is -2.13. The van der Waals surface area contributed by atoms with Gasteiger partial charge in [0, 0.05) is 6.42 Å². The van der Waals surface area contributed by atoms with E-state index in [1.165, 1.54) is 0 Å². The molecule has 0 aromatic heterocycles. The van der Waals surface area contributed by atoms with Gasteiger partial charge in [0.15, 0.2) is 0 Å². The summed E-state index contributed by atoms with van der Waals surface area (Å²) in [4.78, 5) is 10.8. The van der Waals surface area contributed by atoms with E-state index < -0.39 is 0 Å². The molecule has 0 aliphatic carbocycles. The van der Waals surface area contributed by atoms with E-state index in [9.17, 15) is 4.79 Å². The highest BCUT2D eigenvalue weighted by atomic mass is 16.6. The lowest BCUT2D eigenvalue weighted by atomic mass is 10.1. The molecule has 0 unspecified atom stereocenters. The fourth-order valence-corrected chi connectivity index (χ4v) is 1.82. The van der Waals surface area contributed by atoms with Crippen molar-refractivity contribution in [2.45, 2.75) is 37.6 Å². The molecule has 0 spiro atoms. The second kappa shape index (κ2) is 2.90. The maximum absolute atomic E-state index is 10.8. The average molecular weight is 168 g/mol. The van der Waals surface area contributed by atoms with Gasteiger partial charge < -0.3 is 9.47 Å². The van der Waals surface area contributed by atoms with Gasteiger partial charge in [-0.3, -0.25) is 4.79 Å². The first-order valence-corrected chi connectivity index (χ1v) is 4.25. The van der Waals surface area contributed by atoms with Crippen LogP contribution in [0.2, 0.25) is 0 Å². The number of carbonyl (C=O) groups excluding carboxylic acids is 1. The number of ether oxygens (including phenoxy) is 2. The van der Waals surface area contributed by atoms with E-state index in [0.717, 1.165) is 12.8 Å². The zero-order valence-electron chi connectivity index (χ0n) is 6.86. The molecular weight excluding hydrogens is 156 g/mol. The van der Waals surface area contributed by atoms with E-state index in [2.05, 4.69) is 6.58 Å². The molecule has 0 aromatic carbocycles. The monoisotopic (exact) mass is 168 g/mol. The highest BCUT2D eigenvalue weighted by Gasteiger charge is 2.43. The Bertz CT molecular complexity index is 196. The zero-order valence-corrected chi connectivity index (χ0v) is 6.86. The van der Waals surface area contributed by atoms with Crippen LogP contribution in [0.3, 0.4) is 0 Å². The Morgan fingerprint density at radius 2 is 2.42 bits per heavy atom. The lowest BCUT2D eigenvalue weighted by Gasteiger charge is -2.07. The molecule has 2 fully saturated rings. The van der Waals surface area contributed by atoms with Crippen LogP contribution in [-0.4, -0.2) is 24.3 Å². The molecule has 2 rings (SSSR count). The van der Waals surface area contributed by atoms with Gasteiger partial charge >= 0.3 is 5.97 Å². The van der Waals surface area contributed by atoms with Crippen molar-refractivity contribution < 1.29 is 14.3 Å². The summed E-state index contributed by atoms with van der Waals surface area (Å²) in [6, 6.07) is 0. The van der Waals surface area contributed by atoms with Gasteiger partial charge in [-0.1, -0.05) is 6.08 Å². The SMILES string of the molecule is C=CC[C@H]1C[C@@H]2OC(=O)C[C@@H]2O1. The summed E-state index contributed by atoms with van der Waals surface area (Å²) in [5, 5.41) is 0. The van der Waals surface area contributed by atoms with Crippen molar-refractivity contribution in [3.63, 3.8) is 0 Å². The van der Waals surface area contributed by atoms with Crippen molar-refractivity contribution in [1.82, 2.24) is 0 Å². The van der Waals surface area contributed by atoms with Gasteiger partial charge in [-0.05, 0) is 6.42 Å². The van der Waals surface area contributed by atoms with Crippen LogP contribution < -0.4 is 0 Å². The summed E-state index contributed by atoms with van der Waals surface area (Å²) < 4.78 is 10.6. The van der Waals surface area contributed by atoms with Crippen molar-refractivity contribution >= 4 is 5.97 Å². The fraction of sp³-hybridized carbons (Fsp3) is 0.667. The average Bonchev–Trinajstić information content (AvgIpc) is 2.44. The Morgan fingerprint density at radius 1 is 1.58 bits per heavy atom. The Morgan fingerprint density at radius 3 is 3.08 bits per heavy atom. The molecule has 2 aliphatic heterocycles. The first kappa shape index (κ1) is 7.80. The van der Waals surface area contributed by atoms with E-state index in [1.54, 1.807) is 0 Å². The van der Waals surface area contributed by atoms with Gasteiger partial charge in [0.2, 0.25) is 0 Å². The van der Waals surface area contributed by atoms with Gasteiger partial charge in [0.05, 0.1) is 12.5 Å². The summed E-state index contributed by atoms with van der Waals surface area (Å²) in [7, 11) is 0. The largest absolute Gasteiger partial charge is 0.459 e. The van der Waals surface area contributed by atoms with Crippen molar-refractivity contribution in [3.8, 4) is 0 Å². The van der Waals surface area contributed by atoms with Gasteiger partial charge in [0.25, 0.3) is 0 Å². The standard InChI is InChI=1S/C9H12O3/c1-2-3-6-4-7-8(11-6)5-9(10)12-7/h2,6-8H,1,3-5H2/t6-,7-,8-/m0/s1. The molecule has 0 saturated carbocycles. The zero-order chi connectivity index (χ0) is 8.55. The van der Waals surface area contributed by atoms with Crippen molar-refractivity contribution in [2.75, 3.05) is 0 Å². The second-order valence-electron chi connectivity index (χ2n) is 3.29. The van der Waals surface area contributed by atoms with Gasteiger partial charge in [-0.15, -0.1) is 6.58 Å². The molecule has 0 N–H and O–H groups in total. The maximum Gasteiger partial charge on any atom is 0.308 e. The normalized spacial score (nSPS) is 39.3. The van der Waals surface area contributed by atoms with E-state index in [4.69, 9.17) is 9.47 Å². The molecule has 3 atom stereocenters. The lowest BCUT2D eigenvalue weighted by molar-refractivity contribution is -0.141. The number of fused-ring (bicyclic) bond motifs is 1. The van der Waals surface area contributed by atoms with E-state index in [0.29, 0.717) is 6.42 Å². The van der Waals surface area contributed by atoms with Crippen LogP contribution in [0, 0.1) is 0 Å². The minimum absolute atomic E-state index is 0.0162. The van der Waals surface area contributed by atoms with E-state index in [-0.39, 0.29) is 24.3 Å². The molecule has 0 radical (unpaired) electrons. The summed E-state index contributed by atoms with van der Waals surface area (Å²) in [5.41, 5.74) is 0. The molecule has 0 aromatic rings.